The summed E-state index contributed by atoms with van der Waals surface area (Å²) in [5.74, 6) is 1.25. The number of hydrogen-bond donors (Lipinski definition) is 0. The largest absolute Gasteiger partial charge is 0.489 e. The lowest BCUT2D eigenvalue weighted by Crippen LogP contribution is -2.51. The summed E-state index contributed by atoms with van der Waals surface area (Å²) in [7, 11) is -4.08. The molecule has 5 aromatic rings. The SMILES string of the molecule is CC1(C)OC[C@H](Cc2ccc(OCc3ccccc3)c(C3(CO[Si](C)(C)C(C)(C)C)c4cccc(Br)c4OC3S(=O)c3ccccc3)c2)N1C(=O)OCc1ccccc1. The van der Waals surface area contributed by atoms with Gasteiger partial charge in [-0.2, -0.15) is 0 Å². The molecule has 0 saturated carbocycles. The Balaban J connectivity index is 1.37. The predicted molar refractivity (Wildman–Crippen MR) is 239 cm³/mol. The molecule has 8 nitrogen and oxygen atoms in total. The van der Waals surface area contributed by atoms with E-state index in [9.17, 15) is 4.79 Å². The van der Waals surface area contributed by atoms with Crippen LogP contribution in [0.4, 0.5) is 4.79 Å². The van der Waals surface area contributed by atoms with Gasteiger partial charge in [-0.15, -0.1) is 0 Å². The first-order valence-electron chi connectivity index (χ1n) is 20.1. The van der Waals surface area contributed by atoms with Crippen LogP contribution in [0.3, 0.4) is 0 Å². The molecule has 2 heterocycles. The van der Waals surface area contributed by atoms with Gasteiger partial charge in [-0.1, -0.05) is 124 Å². The Labute approximate surface area is 360 Å². The van der Waals surface area contributed by atoms with Gasteiger partial charge in [0, 0.05) is 16.0 Å². The van der Waals surface area contributed by atoms with Crippen LogP contribution >= 0.6 is 15.9 Å². The summed E-state index contributed by atoms with van der Waals surface area (Å²) in [5, 5.41) is -0.107. The molecule has 0 radical (unpaired) electrons. The number of rotatable bonds is 13. The highest BCUT2D eigenvalue weighted by molar-refractivity contribution is 9.10. The minimum atomic E-state index is -2.41. The molecule has 0 aromatic heterocycles. The highest BCUT2D eigenvalue weighted by atomic mass is 79.9. The Hall–Kier alpha value is -4.26. The van der Waals surface area contributed by atoms with E-state index in [1.54, 1.807) is 4.90 Å². The van der Waals surface area contributed by atoms with Crippen LogP contribution in [0, 0.1) is 0 Å². The minimum Gasteiger partial charge on any atom is -0.489 e. The van der Waals surface area contributed by atoms with Gasteiger partial charge in [-0.3, -0.25) is 9.11 Å². The molecule has 59 heavy (non-hydrogen) atoms. The smallest absolute Gasteiger partial charge is 0.412 e. The maximum Gasteiger partial charge on any atom is 0.412 e. The van der Waals surface area contributed by atoms with Crippen molar-refractivity contribution in [2.75, 3.05) is 13.2 Å². The molecule has 1 amide bonds. The highest BCUT2D eigenvalue weighted by Crippen LogP contribution is 2.55. The fourth-order valence-corrected chi connectivity index (χ4v) is 10.6. The number of benzene rings is 5. The van der Waals surface area contributed by atoms with E-state index in [0.717, 1.165) is 32.3 Å². The van der Waals surface area contributed by atoms with Gasteiger partial charge in [0.15, 0.2) is 13.8 Å². The second-order valence-electron chi connectivity index (χ2n) is 17.3. The summed E-state index contributed by atoms with van der Waals surface area (Å²) >= 11 is 3.79. The third kappa shape index (κ3) is 8.96. The lowest BCUT2D eigenvalue weighted by Gasteiger charge is -2.42. The van der Waals surface area contributed by atoms with Gasteiger partial charge in [0.1, 0.15) is 30.4 Å². The number of para-hydroxylation sites is 1. The summed E-state index contributed by atoms with van der Waals surface area (Å²) < 4.78 is 49.0. The van der Waals surface area contributed by atoms with E-state index in [-0.39, 0.29) is 24.3 Å². The van der Waals surface area contributed by atoms with Gasteiger partial charge in [0.25, 0.3) is 0 Å². The molecule has 0 spiro atoms. The molecule has 1 saturated heterocycles. The van der Waals surface area contributed by atoms with E-state index >= 15 is 4.21 Å². The summed E-state index contributed by atoms with van der Waals surface area (Å²) in [4.78, 5) is 16.2. The summed E-state index contributed by atoms with van der Waals surface area (Å²) in [6.45, 7) is 15.9. The van der Waals surface area contributed by atoms with Gasteiger partial charge in [0.05, 0.1) is 39.9 Å². The van der Waals surface area contributed by atoms with Crippen LogP contribution in [0.2, 0.25) is 18.1 Å². The normalized spacial score (nSPS) is 20.4. The van der Waals surface area contributed by atoms with Crippen molar-refractivity contribution in [3.63, 3.8) is 0 Å². The van der Waals surface area contributed by atoms with Crippen molar-refractivity contribution in [2.45, 2.75) is 99.9 Å². The van der Waals surface area contributed by atoms with Gasteiger partial charge in [-0.25, -0.2) is 4.79 Å². The summed E-state index contributed by atoms with van der Waals surface area (Å²) in [5.41, 5.74) is 1.64. The van der Waals surface area contributed by atoms with Crippen molar-refractivity contribution in [2.24, 2.45) is 0 Å². The highest BCUT2D eigenvalue weighted by Gasteiger charge is 2.57. The molecule has 0 N–H and O–H groups in total. The topological polar surface area (TPSA) is 83.5 Å². The molecule has 0 aliphatic carbocycles. The quantitative estimate of drug-likeness (QED) is 0.109. The van der Waals surface area contributed by atoms with E-state index in [1.807, 2.05) is 129 Å². The second kappa shape index (κ2) is 17.4. The first kappa shape index (κ1) is 42.8. The first-order valence-corrected chi connectivity index (χ1v) is 25.0. The Morgan fingerprint density at radius 2 is 1.46 bits per heavy atom. The summed E-state index contributed by atoms with van der Waals surface area (Å²) in [6, 6.07) is 41.1. The van der Waals surface area contributed by atoms with Gasteiger partial charge in [0.2, 0.25) is 0 Å². The summed E-state index contributed by atoms with van der Waals surface area (Å²) in [6.07, 6.45) is 0.0260. The van der Waals surface area contributed by atoms with Crippen LogP contribution in [0.25, 0.3) is 0 Å². The third-order valence-corrected chi connectivity index (χ3v) is 18.6. The molecular weight excluding hydrogens is 843 g/mol. The molecule has 0 bridgehead atoms. The standard InChI is InChI=1S/C48H54BrNO7SSi/c1-46(2,3)59(6,7)56-33-48(39-24-17-25-41(49)43(39)57-44(48)58(52)38-22-15-10-16-23-38)40-29-36(26-27-42(40)53-30-34-18-11-8-12-19-34)28-37-32-55-47(4,5)50(37)45(51)54-31-35-20-13-9-14-21-35/h8-27,29,37,44H,28,30-33H2,1-7H3/t37-,44?,48?,58?/m0/s1. The number of halogens is 1. The average Bonchev–Trinajstić information content (AvgIpc) is 3.73. The molecule has 4 atom stereocenters. The third-order valence-electron chi connectivity index (χ3n) is 11.9. The molecule has 7 rings (SSSR count). The number of carbonyl (C=O) groups is 1. The zero-order valence-corrected chi connectivity index (χ0v) is 38.3. The lowest BCUT2D eigenvalue weighted by molar-refractivity contribution is -0.0491. The number of carbonyl (C=O) groups excluding carboxylic acids is 1. The Morgan fingerprint density at radius 3 is 2.10 bits per heavy atom. The van der Waals surface area contributed by atoms with E-state index in [0.29, 0.717) is 36.0 Å². The molecule has 2 aliphatic rings. The number of ether oxygens (including phenoxy) is 4. The first-order chi connectivity index (χ1) is 28.1. The van der Waals surface area contributed by atoms with Crippen molar-refractivity contribution in [3.05, 3.63) is 160 Å². The molecule has 2 aliphatic heterocycles. The van der Waals surface area contributed by atoms with Crippen molar-refractivity contribution >= 4 is 41.1 Å². The molecule has 5 aromatic carbocycles. The number of nitrogens with zero attached hydrogens (tertiary/aromatic N) is 1. The molecule has 310 valence electrons. The Morgan fingerprint density at radius 1 is 0.831 bits per heavy atom. The molecule has 1 fully saturated rings. The molecule has 3 unspecified atom stereocenters. The van der Waals surface area contributed by atoms with Crippen molar-refractivity contribution < 1.29 is 32.4 Å². The zero-order valence-electron chi connectivity index (χ0n) is 34.9. The van der Waals surface area contributed by atoms with E-state index < -0.39 is 41.8 Å². The van der Waals surface area contributed by atoms with Crippen LogP contribution in [-0.4, -0.2) is 53.9 Å². The predicted octanol–water partition coefficient (Wildman–Crippen LogP) is 11.2. The van der Waals surface area contributed by atoms with E-state index in [2.05, 4.69) is 61.9 Å². The molecular formula is C48H54BrNO7SSi. The number of hydrogen-bond acceptors (Lipinski definition) is 7. The average molecular weight is 897 g/mol. The van der Waals surface area contributed by atoms with Gasteiger partial charge < -0.3 is 23.4 Å². The van der Waals surface area contributed by atoms with Crippen LogP contribution in [-0.2, 0) is 49.7 Å². The maximum atomic E-state index is 15.2. The van der Waals surface area contributed by atoms with E-state index in [4.69, 9.17) is 23.4 Å². The van der Waals surface area contributed by atoms with Crippen LogP contribution in [0.15, 0.2) is 137 Å². The maximum absolute atomic E-state index is 15.2. The van der Waals surface area contributed by atoms with Crippen LogP contribution in [0.5, 0.6) is 11.5 Å². The van der Waals surface area contributed by atoms with Gasteiger partial charge in [-0.05, 0) is 95.3 Å². The van der Waals surface area contributed by atoms with Crippen molar-refractivity contribution in [1.29, 1.82) is 0 Å². The lowest BCUT2D eigenvalue weighted by atomic mass is 9.75. The van der Waals surface area contributed by atoms with E-state index in [1.165, 1.54) is 0 Å². The van der Waals surface area contributed by atoms with Crippen LogP contribution in [0.1, 0.15) is 62.4 Å². The Bertz CT molecular complexity index is 2270. The second-order valence-corrected chi connectivity index (χ2v) is 24.5. The van der Waals surface area contributed by atoms with Crippen molar-refractivity contribution in [3.8, 4) is 11.5 Å². The minimum absolute atomic E-state index is 0.107. The fourth-order valence-electron chi connectivity index (χ4n) is 7.60. The Kier molecular flexibility index (Phi) is 12.6. The van der Waals surface area contributed by atoms with Crippen LogP contribution < -0.4 is 9.47 Å². The van der Waals surface area contributed by atoms with Gasteiger partial charge >= 0.3 is 6.09 Å². The van der Waals surface area contributed by atoms with Crippen molar-refractivity contribution in [1.82, 2.24) is 4.90 Å². The zero-order chi connectivity index (χ0) is 42.0. The number of fused-ring (bicyclic) bond motifs is 1. The molecule has 11 heteroatoms. The number of amides is 1. The fraction of sp³-hybridized carbons (Fsp3) is 0.354. The monoisotopic (exact) mass is 895 g/mol.